The maximum Gasteiger partial charge on any atom is 0.256 e. The summed E-state index contributed by atoms with van der Waals surface area (Å²) in [5.41, 5.74) is 1.40. The first kappa shape index (κ1) is 18.2. The van der Waals surface area contributed by atoms with Crippen LogP contribution in [0.1, 0.15) is 42.5 Å². The summed E-state index contributed by atoms with van der Waals surface area (Å²) in [6, 6.07) is 10.8. The minimum Gasteiger partial charge on any atom is -0.489 e. The standard InChI is InChI=1S/C22H23N3O3/c26-22(18-10-8-17(9-11-18)20-13-23-15-28-20)25-21-19(7-4-12-24-21)27-14-16-5-2-1-3-6-16/h4,7-13,15-16H,1-3,5-6,14H2,(H,24,25,26). The average molecular weight is 377 g/mol. The molecule has 1 aliphatic rings. The zero-order valence-electron chi connectivity index (χ0n) is 15.6. The number of oxazole rings is 1. The highest BCUT2D eigenvalue weighted by Gasteiger charge is 2.16. The van der Waals surface area contributed by atoms with E-state index in [0.717, 1.165) is 5.56 Å². The number of benzene rings is 1. The predicted molar refractivity (Wildman–Crippen MR) is 106 cm³/mol. The van der Waals surface area contributed by atoms with Crippen molar-refractivity contribution >= 4 is 11.7 Å². The summed E-state index contributed by atoms with van der Waals surface area (Å²) in [5, 5.41) is 2.86. The van der Waals surface area contributed by atoms with Crippen LogP contribution >= 0.6 is 0 Å². The van der Waals surface area contributed by atoms with Crippen LogP contribution in [0.15, 0.2) is 59.6 Å². The van der Waals surface area contributed by atoms with Gasteiger partial charge in [-0.15, -0.1) is 0 Å². The van der Waals surface area contributed by atoms with Crippen molar-refractivity contribution in [3.05, 3.63) is 60.7 Å². The van der Waals surface area contributed by atoms with Crippen molar-refractivity contribution in [2.75, 3.05) is 11.9 Å². The van der Waals surface area contributed by atoms with Gasteiger partial charge in [0.05, 0.1) is 12.8 Å². The van der Waals surface area contributed by atoms with Crippen LogP contribution in [0.3, 0.4) is 0 Å². The van der Waals surface area contributed by atoms with Crippen molar-refractivity contribution in [1.29, 1.82) is 0 Å². The Hall–Kier alpha value is -3.15. The SMILES string of the molecule is O=C(Nc1ncccc1OCC1CCCCC1)c1ccc(-c2cnco2)cc1. The molecule has 6 nitrogen and oxygen atoms in total. The van der Waals surface area contributed by atoms with Gasteiger partial charge in [0, 0.05) is 17.3 Å². The molecule has 28 heavy (non-hydrogen) atoms. The van der Waals surface area contributed by atoms with Crippen LogP contribution in [-0.4, -0.2) is 22.5 Å². The van der Waals surface area contributed by atoms with Gasteiger partial charge in [-0.2, -0.15) is 0 Å². The molecule has 0 bridgehead atoms. The van der Waals surface area contributed by atoms with Gasteiger partial charge < -0.3 is 14.5 Å². The third kappa shape index (κ3) is 4.39. The van der Waals surface area contributed by atoms with E-state index in [1.54, 1.807) is 24.5 Å². The molecule has 2 aromatic heterocycles. The Kier molecular flexibility index (Phi) is 5.66. The fourth-order valence-electron chi connectivity index (χ4n) is 3.49. The summed E-state index contributed by atoms with van der Waals surface area (Å²) in [7, 11) is 0. The predicted octanol–water partition coefficient (Wildman–Crippen LogP) is 4.95. The highest BCUT2D eigenvalue weighted by Crippen LogP contribution is 2.27. The van der Waals surface area contributed by atoms with Crippen LogP contribution in [0.4, 0.5) is 5.82 Å². The molecule has 1 aliphatic carbocycles. The number of amides is 1. The molecule has 1 aromatic carbocycles. The maximum absolute atomic E-state index is 12.6. The smallest absolute Gasteiger partial charge is 0.256 e. The normalized spacial score (nSPS) is 14.6. The third-order valence-electron chi connectivity index (χ3n) is 5.07. The van der Waals surface area contributed by atoms with Crippen molar-refractivity contribution in [2.45, 2.75) is 32.1 Å². The molecule has 0 saturated heterocycles. The fraction of sp³-hybridized carbons (Fsp3) is 0.318. The quantitative estimate of drug-likeness (QED) is 0.658. The Morgan fingerprint density at radius 2 is 1.96 bits per heavy atom. The number of ether oxygens (including phenoxy) is 1. The third-order valence-corrected chi connectivity index (χ3v) is 5.07. The lowest BCUT2D eigenvalue weighted by Crippen LogP contribution is -2.17. The highest BCUT2D eigenvalue weighted by atomic mass is 16.5. The molecule has 1 amide bonds. The molecule has 0 radical (unpaired) electrons. The summed E-state index contributed by atoms with van der Waals surface area (Å²) in [6.07, 6.45) is 10.9. The molecule has 0 aliphatic heterocycles. The molecule has 0 spiro atoms. The van der Waals surface area contributed by atoms with Gasteiger partial charge in [-0.3, -0.25) is 4.79 Å². The molecule has 144 valence electrons. The van der Waals surface area contributed by atoms with E-state index in [0.29, 0.717) is 35.4 Å². The molecule has 1 fully saturated rings. The van der Waals surface area contributed by atoms with Crippen LogP contribution in [0.2, 0.25) is 0 Å². The molecule has 2 heterocycles. The molecule has 0 atom stereocenters. The topological polar surface area (TPSA) is 77.2 Å². The monoisotopic (exact) mass is 377 g/mol. The summed E-state index contributed by atoms with van der Waals surface area (Å²) in [5.74, 6) is 2.07. The summed E-state index contributed by atoms with van der Waals surface area (Å²) in [6.45, 7) is 0.667. The minimum atomic E-state index is -0.231. The van der Waals surface area contributed by atoms with Gasteiger partial charge in [0.15, 0.2) is 23.7 Å². The van der Waals surface area contributed by atoms with Gasteiger partial charge in [-0.1, -0.05) is 31.4 Å². The first-order chi connectivity index (χ1) is 13.8. The fourth-order valence-corrected chi connectivity index (χ4v) is 3.49. The van der Waals surface area contributed by atoms with Crippen molar-refractivity contribution < 1.29 is 13.9 Å². The average Bonchev–Trinajstić information content (AvgIpc) is 3.29. The molecule has 0 unspecified atom stereocenters. The molecule has 6 heteroatoms. The largest absolute Gasteiger partial charge is 0.489 e. The van der Waals surface area contributed by atoms with E-state index in [-0.39, 0.29) is 5.91 Å². The van der Waals surface area contributed by atoms with Crippen molar-refractivity contribution in [1.82, 2.24) is 9.97 Å². The zero-order chi connectivity index (χ0) is 19.2. The Labute approximate surface area is 164 Å². The molecular weight excluding hydrogens is 354 g/mol. The van der Waals surface area contributed by atoms with Crippen LogP contribution < -0.4 is 10.1 Å². The molecule has 3 aromatic rings. The highest BCUT2D eigenvalue weighted by molar-refractivity contribution is 6.04. The Bertz CT molecular complexity index is 901. The number of pyridine rings is 1. The van der Waals surface area contributed by atoms with Crippen molar-refractivity contribution in [3.63, 3.8) is 0 Å². The first-order valence-corrected chi connectivity index (χ1v) is 9.68. The lowest BCUT2D eigenvalue weighted by molar-refractivity contribution is 0.102. The van der Waals surface area contributed by atoms with E-state index in [1.165, 1.54) is 38.5 Å². The van der Waals surface area contributed by atoms with Crippen LogP contribution in [0.25, 0.3) is 11.3 Å². The number of nitrogens with one attached hydrogen (secondary N) is 1. The van der Waals surface area contributed by atoms with Gasteiger partial charge in [-0.05, 0) is 43.0 Å². The number of hydrogen-bond donors (Lipinski definition) is 1. The van der Waals surface area contributed by atoms with E-state index >= 15 is 0 Å². The second kappa shape index (κ2) is 8.69. The number of aromatic nitrogens is 2. The molecular formula is C22H23N3O3. The van der Waals surface area contributed by atoms with E-state index in [2.05, 4.69) is 15.3 Å². The zero-order valence-corrected chi connectivity index (χ0v) is 15.6. The summed E-state index contributed by atoms with van der Waals surface area (Å²) >= 11 is 0. The van der Waals surface area contributed by atoms with E-state index in [9.17, 15) is 4.79 Å². The Balaban J connectivity index is 1.41. The van der Waals surface area contributed by atoms with Crippen LogP contribution in [0, 0.1) is 5.92 Å². The second-order valence-electron chi connectivity index (χ2n) is 7.06. The van der Waals surface area contributed by atoms with Gasteiger partial charge in [-0.25, -0.2) is 9.97 Å². The van der Waals surface area contributed by atoms with Gasteiger partial charge in [0.2, 0.25) is 0 Å². The van der Waals surface area contributed by atoms with Crippen molar-refractivity contribution in [3.8, 4) is 17.1 Å². The maximum atomic E-state index is 12.6. The number of nitrogens with zero attached hydrogens (tertiary/aromatic N) is 2. The van der Waals surface area contributed by atoms with Gasteiger partial charge >= 0.3 is 0 Å². The molecule has 4 rings (SSSR count). The lowest BCUT2D eigenvalue weighted by Gasteiger charge is -2.22. The first-order valence-electron chi connectivity index (χ1n) is 9.68. The van der Waals surface area contributed by atoms with Gasteiger partial charge in [0.25, 0.3) is 5.91 Å². The number of rotatable bonds is 6. The summed E-state index contributed by atoms with van der Waals surface area (Å²) < 4.78 is 11.3. The number of carbonyl (C=O) groups is 1. The second-order valence-corrected chi connectivity index (χ2v) is 7.06. The van der Waals surface area contributed by atoms with E-state index in [1.807, 2.05) is 24.3 Å². The molecule has 1 saturated carbocycles. The molecule has 1 N–H and O–H groups in total. The van der Waals surface area contributed by atoms with Crippen molar-refractivity contribution in [2.24, 2.45) is 5.92 Å². The van der Waals surface area contributed by atoms with Crippen LogP contribution in [0.5, 0.6) is 5.75 Å². The Morgan fingerprint density at radius 3 is 2.71 bits per heavy atom. The number of hydrogen-bond acceptors (Lipinski definition) is 5. The van der Waals surface area contributed by atoms with E-state index in [4.69, 9.17) is 9.15 Å². The van der Waals surface area contributed by atoms with Gasteiger partial charge in [0.1, 0.15) is 0 Å². The summed E-state index contributed by atoms with van der Waals surface area (Å²) in [4.78, 5) is 20.8. The number of anilines is 1. The lowest BCUT2D eigenvalue weighted by atomic mass is 9.90. The number of carbonyl (C=O) groups excluding carboxylic acids is 1. The Morgan fingerprint density at radius 1 is 1.14 bits per heavy atom. The van der Waals surface area contributed by atoms with Crippen LogP contribution in [-0.2, 0) is 0 Å². The van der Waals surface area contributed by atoms with E-state index < -0.39 is 0 Å². The minimum absolute atomic E-state index is 0.231.